The number of carbonyl (C=O) groups is 1. The van der Waals surface area contributed by atoms with E-state index in [1.807, 2.05) is 49.1 Å². The van der Waals surface area contributed by atoms with Gasteiger partial charge in [-0.1, -0.05) is 68.4 Å². The van der Waals surface area contributed by atoms with Crippen molar-refractivity contribution in [2.24, 2.45) is 5.92 Å². The molecule has 2 aromatic rings. The van der Waals surface area contributed by atoms with Gasteiger partial charge in [0.05, 0.1) is 12.3 Å². The normalized spacial score (nSPS) is 20.6. The lowest BCUT2D eigenvalue weighted by Crippen LogP contribution is -2.48. The van der Waals surface area contributed by atoms with Crippen molar-refractivity contribution in [3.8, 4) is 11.1 Å². The molecule has 0 bridgehead atoms. The summed E-state index contributed by atoms with van der Waals surface area (Å²) >= 11 is 0. The van der Waals surface area contributed by atoms with Gasteiger partial charge in [0.25, 0.3) is 0 Å². The Morgan fingerprint density at radius 3 is 2.48 bits per heavy atom. The molecular weight excluding hydrogens is 384 g/mol. The van der Waals surface area contributed by atoms with Gasteiger partial charge >= 0.3 is 0 Å². The number of carbonyl (C=O) groups excluding carboxylic acids is 1. The summed E-state index contributed by atoms with van der Waals surface area (Å²) in [5.41, 5.74) is 3.35. The van der Waals surface area contributed by atoms with Crippen molar-refractivity contribution in [1.29, 1.82) is 0 Å². The first kappa shape index (κ1) is 21.5. The second-order valence-corrected chi connectivity index (χ2v) is 9.74. The first-order valence-electron chi connectivity index (χ1n) is 10.2. The molecule has 1 saturated heterocycles. The Bertz CT molecular complexity index is 944. The molecule has 1 aliphatic rings. The molecule has 2 aromatic carbocycles. The summed E-state index contributed by atoms with van der Waals surface area (Å²) in [6.07, 6.45) is 3.21. The van der Waals surface area contributed by atoms with Gasteiger partial charge in [-0.05, 0) is 36.0 Å². The second kappa shape index (κ2) is 9.09. The van der Waals surface area contributed by atoms with Crippen molar-refractivity contribution >= 4 is 15.9 Å². The lowest BCUT2D eigenvalue weighted by molar-refractivity contribution is -0.136. The first-order chi connectivity index (χ1) is 13.8. The van der Waals surface area contributed by atoms with Crippen LogP contribution in [0.1, 0.15) is 32.3 Å². The van der Waals surface area contributed by atoms with E-state index in [9.17, 15) is 13.2 Å². The Labute approximate surface area is 174 Å². The smallest absolute Gasteiger partial charge is 0.225 e. The Hall–Kier alpha value is -2.18. The average molecular weight is 415 g/mol. The van der Waals surface area contributed by atoms with Crippen molar-refractivity contribution in [3.63, 3.8) is 0 Å². The maximum absolute atomic E-state index is 12.9. The SMILES string of the molecule is CCC(C)C(=O)N1CC[C@H](NS(C)(=O)=O)[C@@H]1Cc1cccc(-c2ccccc2)c1. The maximum atomic E-state index is 12.9. The molecule has 5 nitrogen and oxygen atoms in total. The van der Waals surface area contributed by atoms with Crippen LogP contribution in [0.25, 0.3) is 11.1 Å². The Balaban J connectivity index is 1.88. The third-order valence-corrected chi connectivity index (χ3v) is 6.44. The molecule has 0 aliphatic carbocycles. The molecule has 3 rings (SSSR count). The molecule has 156 valence electrons. The first-order valence-corrected chi connectivity index (χ1v) is 12.1. The summed E-state index contributed by atoms with van der Waals surface area (Å²) in [7, 11) is -3.35. The van der Waals surface area contributed by atoms with Crippen molar-refractivity contribution in [1.82, 2.24) is 9.62 Å². The van der Waals surface area contributed by atoms with Gasteiger partial charge in [0, 0.05) is 18.5 Å². The summed E-state index contributed by atoms with van der Waals surface area (Å²) in [5.74, 6) is 0.0413. The van der Waals surface area contributed by atoms with Gasteiger partial charge in [0.2, 0.25) is 15.9 Å². The number of hydrogen-bond acceptors (Lipinski definition) is 3. The summed E-state index contributed by atoms with van der Waals surface area (Å²) in [6, 6.07) is 18.0. The number of benzene rings is 2. The fraction of sp³-hybridized carbons (Fsp3) is 0.435. The molecule has 0 spiro atoms. The van der Waals surface area contributed by atoms with Gasteiger partial charge in [-0.2, -0.15) is 0 Å². The molecule has 1 amide bonds. The van der Waals surface area contributed by atoms with Crippen molar-refractivity contribution in [2.45, 2.75) is 45.2 Å². The van der Waals surface area contributed by atoms with Crippen molar-refractivity contribution < 1.29 is 13.2 Å². The van der Waals surface area contributed by atoms with E-state index >= 15 is 0 Å². The predicted octanol–water partition coefficient (Wildman–Crippen LogP) is 3.46. The number of hydrogen-bond donors (Lipinski definition) is 1. The van der Waals surface area contributed by atoms with E-state index in [-0.39, 0.29) is 23.9 Å². The molecule has 1 N–H and O–H groups in total. The third kappa shape index (κ3) is 5.46. The minimum absolute atomic E-state index is 0.0647. The van der Waals surface area contributed by atoms with Crippen molar-refractivity contribution in [2.75, 3.05) is 12.8 Å². The maximum Gasteiger partial charge on any atom is 0.225 e. The van der Waals surface area contributed by atoms with Gasteiger partial charge in [0.15, 0.2) is 0 Å². The topological polar surface area (TPSA) is 66.5 Å². The van der Waals surface area contributed by atoms with E-state index in [0.29, 0.717) is 19.4 Å². The summed E-state index contributed by atoms with van der Waals surface area (Å²) in [6.45, 7) is 4.52. The van der Waals surface area contributed by atoms with Gasteiger partial charge in [0.1, 0.15) is 0 Å². The van der Waals surface area contributed by atoms with Crippen LogP contribution in [-0.2, 0) is 21.2 Å². The minimum Gasteiger partial charge on any atom is -0.337 e. The minimum atomic E-state index is -3.35. The summed E-state index contributed by atoms with van der Waals surface area (Å²) < 4.78 is 26.5. The molecule has 1 heterocycles. The lowest BCUT2D eigenvalue weighted by atomic mass is 9.96. The molecule has 6 heteroatoms. The monoisotopic (exact) mass is 414 g/mol. The fourth-order valence-corrected chi connectivity index (χ4v) is 4.82. The van der Waals surface area contributed by atoms with Gasteiger partial charge < -0.3 is 4.90 Å². The van der Waals surface area contributed by atoms with E-state index in [4.69, 9.17) is 0 Å². The Kier molecular flexibility index (Phi) is 6.75. The average Bonchev–Trinajstić information content (AvgIpc) is 3.08. The van der Waals surface area contributed by atoms with Crippen LogP contribution in [-0.4, -0.2) is 44.1 Å². The number of nitrogens with zero attached hydrogens (tertiary/aromatic N) is 1. The number of sulfonamides is 1. The van der Waals surface area contributed by atoms with Gasteiger partial charge in [-0.15, -0.1) is 0 Å². The molecule has 0 saturated carbocycles. The van der Waals surface area contributed by atoms with E-state index in [1.54, 1.807) is 0 Å². The zero-order valence-corrected chi connectivity index (χ0v) is 18.2. The van der Waals surface area contributed by atoms with Crippen molar-refractivity contribution in [3.05, 3.63) is 60.2 Å². The number of likely N-dealkylation sites (tertiary alicyclic amines) is 1. The van der Waals surface area contributed by atoms with E-state index in [0.717, 1.165) is 23.1 Å². The largest absolute Gasteiger partial charge is 0.337 e. The summed E-state index contributed by atoms with van der Waals surface area (Å²) in [4.78, 5) is 14.8. The van der Waals surface area contributed by atoms with Crippen LogP contribution in [0.5, 0.6) is 0 Å². The highest BCUT2D eigenvalue weighted by atomic mass is 32.2. The molecule has 1 aliphatic heterocycles. The molecule has 0 aromatic heterocycles. The zero-order chi connectivity index (χ0) is 21.0. The van der Waals surface area contributed by atoms with Gasteiger partial charge in [-0.3, -0.25) is 4.79 Å². The standard InChI is InChI=1S/C23H30N2O3S/c1-4-17(2)23(26)25-14-13-21(24-29(3,27)28)22(25)16-18-9-8-12-20(15-18)19-10-6-5-7-11-19/h5-12,15,17,21-22,24H,4,13-14,16H2,1-3H3/t17?,21-,22-/m0/s1. The van der Waals surface area contributed by atoms with Crippen LogP contribution < -0.4 is 4.72 Å². The van der Waals surface area contributed by atoms with E-state index in [2.05, 4.69) is 29.0 Å². The highest BCUT2D eigenvalue weighted by molar-refractivity contribution is 7.88. The zero-order valence-electron chi connectivity index (χ0n) is 17.3. The Morgan fingerprint density at radius 1 is 1.14 bits per heavy atom. The molecule has 3 atom stereocenters. The lowest BCUT2D eigenvalue weighted by Gasteiger charge is -2.30. The van der Waals surface area contributed by atoms with Gasteiger partial charge in [-0.25, -0.2) is 13.1 Å². The number of amides is 1. The molecular formula is C23H30N2O3S. The molecule has 29 heavy (non-hydrogen) atoms. The highest BCUT2D eigenvalue weighted by Crippen LogP contribution is 2.27. The number of nitrogens with one attached hydrogen (secondary N) is 1. The third-order valence-electron chi connectivity index (χ3n) is 5.71. The number of rotatable bonds is 7. The van der Waals surface area contributed by atoms with E-state index < -0.39 is 10.0 Å². The van der Waals surface area contributed by atoms with Crippen LogP contribution >= 0.6 is 0 Å². The van der Waals surface area contributed by atoms with Crippen LogP contribution in [0.3, 0.4) is 0 Å². The van der Waals surface area contributed by atoms with Crippen LogP contribution in [0.4, 0.5) is 0 Å². The van der Waals surface area contributed by atoms with Crippen LogP contribution in [0, 0.1) is 5.92 Å². The molecule has 1 fully saturated rings. The van der Waals surface area contributed by atoms with E-state index in [1.165, 1.54) is 6.26 Å². The highest BCUT2D eigenvalue weighted by Gasteiger charge is 2.39. The molecule has 1 unspecified atom stereocenters. The molecule has 0 radical (unpaired) electrons. The van der Waals surface area contributed by atoms with Crippen LogP contribution in [0.2, 0.25) is 0 Å². The fourth-order valence-electron chi connectivity index (χ4n) is 4.00. The predicted molar refractivity (Wildman–Crippen MR) is 117 cm³/mol. The Morgan fingerprint density at radius 2 is 1.83 bits per heavy atom. The van der Waals surface area contributed by atoms with Crippen LogP contribution in [0.15, 0.2) is 54.6 Å². The quantitative estimate of drug-likeness (QED) is 0.754. The second-order valence-electron chi connectivity index (χ2n) is 7.96. The summed E-state index contributed by atoms with van der Waals surface area (Å²) in [5, 5.41) is 0.